The topological polar surface area (TPSA) is 109 Å². The van der Waals surface area contributed by atoms with Crippen molar-refractivity contribution < 1.29 is 27.8 Å². The summed E-state index contributed by atoms with van der Waals surface area (Å²) in [6.45, 7) is 12.5. The van der Waals surface area contributed by atoms with Gasteiger partial charge in [-0.3, -0.25) is 0 Å². The molecule has 0 spiro atoms. The zero-order chi connectivity index (χ0) is 30.1. The number of amides is 1. The van der Waals surface area contributed by atoms with Crippen LogP contribution in [0.2, 0.25) is 30.7 Å². The Labute approximate surface area is 244 Å². The maximum absolute atomic E-state index is 13.1. The fourth-order valence-corrected chi connectivity index (χ4v) is 5.37. The molecule has 226 valence electrons. The molecule has 1 N–H and O–H groups in total. The number of hydrogen-bond donors (Lipinski definition) is 1. The van der Waals surface area contributed by atoms with E-state index in [4.69, 9.17) is 25.8 Å². The van der Waals surface area contributed by atoms with Crippen molar-refractivity contribution in [3.8, 4) is 5.88 Å². The quantitative estimate of drug-likeness (QED) is 0.204. The Bertz CT molecular complexity index is 1370. The molecule has 4 heterocycles. The molecule has 1 amide bonds. The lowest BCUT2D eigenvalue weighted by Gasteiger charge is -2.26. The van der Waals surface area contributed by atoms with Crippen LogP contribution in [0.15, 0.2) is 18.6 Å². The Balaban J connectivity index is 1.62. The lowest BCUT2D eigenvalue weighted by Crippen LogP contribution is -2.39. The van der Waals surface area contributed by atoms with Gasteiger partial charge in [-0.2, -0.15) is 23.8 Å². The van der Waals surface area contributed by atoms with Crippen molar-refractivity contribution in [3.63, 3.8) is 0 Å². The van der Waals surface area contributed by atoms with Crippen LogP contribution in [0.1, 0.15) is 40.7 Å². The molecule has 11 nitrogen and oxygen atoms in total. The molecule has 1 saturated heterocycles. The van der Waals surface area contributed by atoms with Crippen molar-refractivity contribution in [2.75, 3.05) is 18.5 Å². The molecular weight excluding hydrogens is 576 g/mol. The van der Waals surface area contributed by atoms with Gasteiger partial charge < -0.3 is 29.0 Å². The highest BCUT2D eigenvalue weighted by atomic mass is 35.5. The minimum Gasteiger partial charge on any atom is -0.472 e. The first kappa shape index (κ1) is 31.0. The minimum absolute atomic E-state index is 0.106. The Hall–Kier alpha value is -2.97. The number of carbonyl (C=O) groups is 1. The monoisotopic (exact) mass is 613 g/mol. The third kappa shape index (κ3) is 8.07. The third-order valence-electron chi connectivity index (χ3n) is 6.36. The van der Waals surface area contributed by atoms with Crippen molar-refractivity contribution >= 4 is 48.4 Å². The maximum atomic E-state index is 13.1. The number of halogens is 3. The van der Waals surface area contributed by atoms with Gasteiger partial charge in [-0.1, -0.05) is 31.2 Å². The van der Waals surface area contributed by atoms with E-state index in [2.05, 4.69) is 40.0 Å². The summed E-state index contributed by atoms with van der Waals surface area (Å²) >= 11 is 6.65. The number of fused-ring (bicyclic) bond motifs is 1. The molecule has 0 aliphatic carbocycles. The van der Waals surface area contributed by atoms with Gasteiger partial charge in [0.1, 0.15) is 18.4 Å². The average Bonchev–Trinajstić information content (AvgIpc) is 3.53. The summed E-state index contributed by atoms with van der Waals surface area (Å²) in [4.78, 5) is 23.5. The predicted octanol–water partition coefficient (Wildman–Crippen LogP) is 6.51. The van der Waals surface area contributed by atoms with E-state index >= 15 is 0 Å². The molecule has 0 bridgehead atoms. The van der Waals surface area contributed by atoms with Gasteiger partial charge in [-0.05, 0) is 33.7 Å². The minimum atomic E-state index is -2.78. The van der Waals surface area contributed by atoms with Crippen LogP contribution in [0.25, 0.3) is 11.0 Å². The molecule has 0 unspecified atom stereocenters. The van der Waals surface area contributed by atoms with E-state index in [1.807, 2.05) is 27.7 Å². The van der Waals surface area contributed by atoms with Crippen LogP contribution >= 0.6 is 11.6 Å². The first-order chi connectivity index (χ1) is 19.1. The van der Waals surface area contributed by atoms with Crippen molar-refractivity contribution in [3.05, 3.63) is 23.6 Å². The largest absolute Gasteiger partial charge is 0.472 e. The van der Waals surface area contributed by atoms with E-state index in [-0.39, 0.29) is 30.3 Å². The smallest absolute Gasteiger partial charge is 0.410 e. The average molecular weight is 614 g/mol. The molecule has 41 heavy (non-hydrogen) atoms. The van der Waals surface area contributed by atoms with Crippen molar-refractivity contribution in [2.45, 2.75) is 90.8 Å². The number of nitrogens with one attached hydrogen (secondary N) is 1. The Morgan fingerprint density at radius 2 is 1.98 bits per heavy atom. The summed E-state index contributed by atoms with van der Waals surface area (Å²) in [5, 5.41) is 7.44. The summed E-state index contributed by atoms with van der Waals surface area (Å²) in [6.07, 6.45) is 3.85. The zero-order valence-corrected chi connectivity index (χ0v) is 26.2. The predicted molar refractivity (Wildman–Crippen MR) is 155 cm³/mol. The lowest BCUT2D eigenvalue weighted by molar-refractivity contribution is 0.0223. The first-order valence-corrected chi connectivity index (χ1v) is 17.6. The van der Waals surface area contributed by atoms with Gasteiger partial charge in [-0.25, -0.2) is 9.48 Å². The zero-order valence-electron chi connectivity index (χ0n) is 24.4. The highest BCUT2D eigenvalue weighted by Crippen LogP contribution is 2.35. The molecule has 15 heteroatoms. The molecule has 0 aromatic carbocycles. The number of aromatic nitrogens is 5. The fraction of sp³-hybridized carbons (Fsp3) is 0.615. The van der Waals surface area contributed by atoms with Crippen LogP contribution in [-0.4, -0.2) is 74.3 Å². The molecule has 3 aromatic heterocycles. The second-order valence-corrected chi connectivity index (χ2v) is 18.4. The number of alkyl halides is 2. The second kappa shape index (κ2) is 12.1. The lowest BCUT2D eigenvalue weighted by atomic mass is 10.2. The summed E-state index contributed by atoms with van der Waals surface area (Å²) < 4.78 is 46.2. The number of ether oxygens (including phenoxy) is 3. The number of rotatable bonds is 10. The molecule has 2 atom stereocenters. The van der Waals surface area contributed by atoms with Crippen LogP contribution in [0, 0.1) is 0 Å². The molecule has 4 rings (SSSR count). The summed E-state index contributed by atoms with van der Waals surface area (Å²) in [5.74, 6) is 0.308. The summed E-state index contributed by atoms with van der Waals surface area (Å²) in [6, 6.07) is 0.878. The number of anilines is 2. The van der Waals surface area contributed by atoms with Crippen molar-refractivity contribution in [2.24, 2.45) is 0 Å². The van der Waals surface area contributed by atoms with Gasteiger partial charge in [0.25, 0.3) is 0 Å². The third-order valence-corrected chi connectivity index (χ3v) is 8.35. The Kier molecular flexibility index (Phi) is 9.14. The highest BCUT2D eigenvalue weighted by Gasteiger charge is 2.37. The van der Waals surface area contributed by atoms with Crippen molar-refractivity contribution in [1.29, 1.82) is 0 Å². The SMILES string of the molecule is C[C@H]1C[C@@H](Oc2nc(Nc3cnn(C(F)F)c3)nc3c2c(Cl)cn3COCC[Si](C)(C)C)CN1C(=O)OC(C)(C)C. The maximum Gasteiger partial charge on any atom is 0.410 e. The fourth-order valence-electron chi connectivity index (χ4n) is 4.33. The van der Waals surface area contributed by atoms with Crippen molar-refractivity contribution in [1.82, 2.24) is 29.2 Å². The Morgan fingerprint density at radius 1 is 1.24 bits per heavy atom. The normalized spacial score (nSPS) is 18.0. The van der Waals surface area contributed by atoms with Gasteiger partial charge >= 0.3 is 12.6 Å². The van der Waals surface area contributed by atoms with E-state index in [0.717, 1.165) is 12.2 Å². The summed E-state index contributed by atoms with van der Waals surface area (Å²) in [7, 11) is -1.28. The molecule has 0 saturated carbocycles. The van der Waals surface area contributed by atoms with Crippen LogP contribution in [0.5, 0.6) is 5.88 Å². The number of carbonyl (C=O) groups excluding carboxylic acids is 1. The Morgan fingerprint density at radius 3 is 2.61 bits per heavy atom. The van der Waals surface area contributed by atoms with Gasteiger partial charge in [0.05, 0.1) is 35.0 Å². The number of hydrogen-bond acceptors (Lipinski definition) is 8. The van der Waals surface area contributed by atoms with Gasteiger partial charge in [0.2, 0.25) is 11.8 Å². The van der Waals surface area contributed by atoms with Crippen LogP contribution in [0.4, 0.5) is 25.2 Å². The molecule has 0 radical (unpaired) electrons. The molecular formula is C26H38ClF2N7O4Si. The van der Waals surface area contributed by atoms with Crippen LogP contribution < -0.4 is 10.1 Å². The van der Waals surface area contributed by atoms with E-state index in [1.54, 1.807) is 15.7 Å². The number of nitrogens with zero attached hydrogens (tertiary/aromatic N) is 6. The van der Waals surface area contributed by atoms with E-state index in [9.17, 15) is 13.6 Å². The van der Waals surface area contributed by atoms with Crippen LogP contribution in [-0.2, 0) is 16.2 Å². The first-order valence-electron chi connectivity index (χ1n) is 13.5. The van der Waals surface area contributed by atoms with E-state index < -0.39 is 32.4 Å². The molecule has 1 aliphatic heterocycles. The number of likely N-dealkylation sites (tertiary alicyclic amines) is 1. The van der Waals surface area contributed by atoms with Gasteiger partial charge in [0.15, 0.2) is 5.65 Å². The molecule has 1 fully saturated rings. The second-order valence-electron chi connectivity index (χ2n) is 12.4. The summed E-state index contributed by atoms with van der Waals surface area (Å²) in [5.41, 5.74) is 0.101. The standard InChI is InChI=1S/C26H38ClF2N7O4Si/c1-16-10-18(13-35(16)25(37)40-26(2,3)4)39-22-20-19(27)14-34(15-38-8-9-41(5,6)7)21(20)32-24(33-22)31-17-11-30-36(12-17)23(28)29/h11-12,14,16,18,23H,8-10,13,15H2,1-7H3,(H,31,32,33)/t16-,18+/m0/s1. The van der Waals surface area contributed by atoms with Crippen LogP contribution in [0.3, 0.4) is 0 Å². The van der Waals surface area contributed by atoms with E-state index in [1.165, 1.54) is 6.20 Å². The van der Waals surface area contributed by atoms with Gasteiger partial charge in [0, 0.05) is 33.3 Å². The highest BCUT2D eigenvalue weighted by molar-refractivity contribution is 6.76. The molecule has 3 aromatic rings. The van der Waals surface area contributed by atoms with E-state index in [0.29, 0.717) is 40.3 Å². The van der Waals surface area contributed by atoms with Gasteiger partial charge in [-0.15, -0.1) is 0 Å². The molecule has 1 aliphatic rings.